The van der Waals surface area contributed by atoms with Crippen LogP contribution in [0.15, 0.2) is 60.2 Å². The molecule has 1 aliphatic heterocycles. The summed E-state index contributed by atoms with van der Waals surface area (Å²) in [5.41, 5.74) is 0.908. The third kappa shape index (κ3) is 7.33. The molecule has 42 heavy (non-hydrogen) atoms. The molecule has 0 bridgehead atoms. The van der Waals surface area contributed by atoms with E-state index in [4.69, 9.17) is 37.4 Å². The van der Waals surface area contributed by atoms with Crippen LogP contribution in [-0.2, 0) is 14.4 Å². The van der Waals surface area contributed by atoms with Gasteiger partial charge in [0.25, 0.3) is 17.7 Å². The molecule has 0 aliphatic carbocycles. The van der Waals surface area contributed by atoms with Crippen LogP contribution in [0.2, 0.25) is 10.0 Å². The van der Waals surface area contributed by atoms with Gasteiger partial charge in [-0.25, -0.2) is 9.69 Å². The summed E-state index contributed by atoms with van der Waals surface area (Å²) in [7, 11) is 0. The minimum atomic E-state index is -0.862. The summed E-state index contributed by atoms with van der Waals surface area (Å²) in [6.07, 6.45) is 1.36. The van der Waals surface area contributed by atoms with Crippen LogP contribution in [0.25, 0.3) is 6.08 Å². The fraction of sp³-hybridized carbons (Fsp3) is 0.172. The first-order valence-corrected chi connectivity index (χ1v) is 14.4. The fourth-order valence-electron chi connectivity index (χ4n) is 3.90. The Labute approximate surface area is 265 Å². The van der Waals surface area contributed by atoms with Crippen molar-refractivity contribution in [1.29, 1.82) is 0 Å². The number of ether oxygens (including phenoxy) is 3. The predicted octanol–water partition coefficient (Wildman–Crippen LogP) is 6.08. The van der Waals surface area contributed by atoms with Gasteiger partial charge >= 0.3 is 6.03 Å². The van der Waals surface area contributed by atoms with Crippen molar-refractivity contribution in [2.75, 3.05) is 30.0 Å². The maximum atomic E-state index is 13.3. The number of hydrogen-bond donors (Lipinski definition) is 2. The maximum Gasteiger partial charge on any atom is 0.335 e. The van der Waals surface area contributed by atoms with E-state index < -0.39 is 23.8 Å². The number of imide groups is 2. The summed E-state index contributed by atoms with van der Waals surface area (Å²) in [5, 5.41) is 5.54. The van der Waals surface area contributed by atoms with Gasteiger partial charge in [-0.1, -0.05) is 23.2 Å². The highest BCUT2D eigenvalue weighted by atomic mass is 127. The van der Waals surface area contributed by atoms with E-state index in [1.165, 1.54) is 12.1 Å². The molecule has 1 saturated heterocycles. The van der Waals surface area contributed by atoms with Crippen molar-refractivity contribution in [2.45, 2.75) is 13.8 Å². The lowest BCUT2D eigenvalue weighted by molar-refractivity contribution is -0.122. The number of amides is 5. The van der Waals surface area contributed by atoms with Gasteiger partial charge in [-0.15, -0.1) is 0 Å². The van der Waals surface area contributed by atoms with Gasteiger partial charge in [0.05, 0.1) is 32.5 Å². The highest BCUT2D eigenvalue weighted by Gasteiger charge is 2.37. The zero-order valence-corrected chi connectivity index (χ0v) is 26.0. The molecular weight excluding hydrogens is 700 g/mol. The summed E-state index contributed by atoms with van der Waals surface area (Å²) in [5.74, 6) is -0.901. The van der Waals surface area contributed by atoms with Gasteiger partial charge in [0.1, 0.15) is 11.3 Å². The maximum absolute atomic E-state index is 13.3. The van der Waals surface area contributed by atoms with E-state index in [0.717, 1.165) is 4.90 Å². The van der Waals surface area contributed by atoms with Crippen molar-refractivity contribution >= 4 is 87.0 Å². The second kappa shape index (κ2) is 13.9. The van der Waals surface area contributed by atoms with Gasteiger partial charge in [-0.05, 0) is 103 Å². The standard InChI is InChI=1S/C29H24Cl2IN3O7/c1-3-40-19-8-6-18(7-9-19)35-28(38)20(27(37)34-29(35)39)11-16-12-23(32)26(24(13-16)41-4-2)42-15-25(36)33-17-5-10-21(30)22(31)14-17/h5-14H,3-4,15H2,1-2H3,(H,33,36)(H,34,37,39)/b20-11+. The second-order valence-corrected chi connectivity index (χ2v) is 10.6. The van der Waals surface area contributed by atoms with E-state index in [0.29, 0.717) is 48.7 Å². The van der Waals surface area contributed by atoms with E-state index in [2.05, 4.69) is 10.6 Å². The third-order valence-electron chi connectivity index (χ3n) is 5.70. The van der Waals surface area contributed by atoms with Crippen molar-refractivity contribution in [1.82, 2.24) is 5.32 Å². The molecule has 3 aromatic carbocycles. The molecule has 1 aliphatic rings. The van der Waals surface area contributed by atoms with Crippen molar-refractivity contribution in [3.8, 4) is 17.2 Å². The lowest BCUT2D eigenvalue weighted by atomic mass is 10.1. The van der Waals surface area contributed by atoms with Crippen molar-refractivity contribution in [3.63, 3.8) is 0 Å². The van der Waals surface area contributed by atoms with Crippen LogP contribution in [0.5, 0.6) is 17.2 Å². The summed E-state index contributed by atoms with van der Waals surface area (Å²) >= 11 is 13.9. The normalized spacial score (nSPS) is 14.1. The molecule has 10 nitrogen and oxygen atoms in total. The zero-order chi connectivity index (χ0) is 30.4. The van der Waals surface area contributed by atoms with E-state index >= 15 is 0 Å². The molecule has 0 spiro atoms. The minimum Gasteiger partial charge on any atom is -0.494 e. The summed E-state index contributed by atoms with van der Waals surface area (Å²) in [6, 6.07) is 13.4. The molecular formula is C29H24Cl2IN3O7. The quantitative estimate of drug-likeness (QED) is 0.148. The minimum absolute atomic E-state index is 0.253. The molecule has 0 atom stereocenters. The number of nitrogens with one attached hydrogen (secondary N) is 2. The van der Waals surface area contributed by atoms with Gasteiger partial charge in [0.2, 0.25) is 0 Å². The molecule has 0 radical (unpaired) electrons. The third-order valence-corrected chi connectivity index (χ3v) is 7.24. The summed E-state index contributed by atoms with van der Waals surface area (Å²) in [6.45, 7) is 4.02. The summed E-state index contributed by atoms with van der Waals surface area (Å²) in [4.78, 5) is 51.9. The highest BCUT2D eigenvalue weighted by Crippen LogP contribution is 2.35. The molecule has 218 valence electrons. The van der Waals surface area contributed by atoms with Crippen LogP contribution in [0.1, 0.15) is 19.4 Å². The smallest absolute Gasteiger partial charge is 0.335 e. The monoisotopic (exact) mass is 723 g/mol. The Balaban J connectivity index is 1.56. The number of rotatable bonds is 10. The Bertz CT molecular complexity index is 1580. The molecule has 5 amide bonds. The topological polar surface area (TPSA) is 123 Å². The Kier molecular flexibility index (Phi) is 10.3. The average molecular weight is 724 g/mol. The van der Waals surface area contributed by atoms with Gasteiger partial charge in [0.15, 0.2) is 18.1 Å². The number of barbiturate groups is 1. The Morgan fingerprint density at radius 3 is 2.33 bits per heavy atom. The Morgan fingerprint density at radius 1 is 0.952 bits per heavy atom. The molecule has 0 saturated carbocycles. The van der Waals surface area contributed by atoms with Crippen LogP contribution >= 0.6 is 45.8 Å². The molecule has 13 heteroatoms. The lowest BCUT2D eigenvalue weighted by Gasteiger charge is -2.26. The van der Waals surface area contributed by atoms with E-state index in [-0.39, 0.29) is 24.5 Å². The molecule has 0 aromatic heterocycles. The van der Waals surface area contributed by atoms with E-state index in [1.807, 2.05) is 29.5 Å². The van der Waals surface area contributed by atoms with Crippen LogP contribution in [0, 0.1) is 3.57 Å². The van der Waals surface area contributed by atoms with Crippen LogP contribution in [0.3, 0.4) is 0 Å². The number of carbonyl (C=O) groups excluding carboxylic acids is 4. The Morgan fingerprint density at radius 2 is 1.67 bits per heavy atom. The van der Waals surface area contributed by atoms with E-state index in [1.54, 1.807) is 55.5 Å². The van der Waals surface area contributed by atoms with Crippen LogP contribution in [-0.4, -0.2) is 43.6 Å². The first-order chi connectivity index (χ1) is 20.1. The molecule has 2 N–H and O–H groups in total. The largest absolute Gasteiger partial charge is 0.494 e. The molecule has 4 rings (SSSR count). The van der Waals surface area contributed by atoms with Crippen molar-refractivity contribution < 1.29 is 33.4 Å². The number of urea groups is 1. The van der Waals surface area contributed by atoms with Crippen LogP contribution in [0.4, 0.5) is 16.2 Å². The summed E-state index contributed by atoms with van der Waals surface area (Å²) < 4.78 is 17.5. The lowest BCUT2D eigenvalue weighted by Crippen LogP contribution is -2.54. The average Bonchev–Trinajstić information content (AvgIpc) is 2.94. The predicted molar refractivity (Wildman–Crippen MR) is 168 cm³/mol. The van der Waals surface area contributed by atoms with Gasteiger partial charge < -0.3 is 19.5 Å². The fourth-order valence-corrected chi connectivity index (χ4v) is 4.98. The first-order valence-electron chi connectivity index (χ1n) is 12.6. The number of benzene rings is 3. The van der Waals surface area contributed by atoms with Gasteiger partial charge in [0, 0.05) is 5.69 Å². The van der Waals surface area contributed by atoms with E-state index in [9.17, 15) is 19.2 Å². The number of hydrogen-bond acceptors (Lipinski definition) is 7. The molecule has 1 fully saturated rings. The van der Waals surface area contributed by atoms with Crippen molar-refractivity contribution in [2.24, 2.45) is 0 Å². The van der Waals surface area contributed by atoms with Gasteiger partial charge in [-0.3, -0.25) is 19.7 Å². The zero-order valence-electron chi connectivity index (χ0n) is 22.3. The number of halogens is 3. The molecule has 1 heterocycles. The SMILES string of the molecule is CCOc1ccc(N2C(=O)NC(=O)/C(=C\c3cc(I)c(OCC(=O)Nc4ccc(Cl)c(Cl)c4)c(OCC)c3)C2=O)cc1. The second-order valence-electron chi connectivity index (χ2n) is 8.61. The first kappa shape index (κ1) is 31.1. The molecule has 0 unspecified atom stereocenters. The van der Waals surface area contributed by atoms with Gasteiger partial charge in [-0.2, -0.15) is 0 Å². The Hall–Kier alpha value is -3.81. The number of nitrogens with zero attached hydrogens (tertiary/aromatic N) is 1. The van der Waals surface area contributed by atoms with Crippen molar-refractivity contribution in [3.05, 3.63) is 79.3 Å². The molecule has 3 aromatic rings. The van der Waals surface area contributed by atoms with Crippen LogP contribution < -0.4 is 29.7 Å². The number of anilines is 2. The highest BCUT2D eigenvalue weighted by molar-refractivity contribution is 14.1. The number of carbonyl (C=O) groups is 4.